The first-order valence-corrected chi connectivity index (χ1v) is 9.55. The standard InChI is InChI=1S/C21H32N4O/c1-5-6-7-12-18-20(17-11-8-9-13-23-17)19(21(22)26)16(2)25(18)15-10-14-24(3)4/h8-9,11,13H,5-7,10,12,14-15H2,1-4H3,(H2,22,26). The van der Waals surface area contributed by atoms with Crippen molar-refractivity contribution in [1.82, 2.24) is 14.5 Å². The first-order chi connectivity index (χ1) is 12.5. The van der Waals surface area contributed by atoms with Crippen molar-refractivity contribution in [3.8, 4) is 11.3 Å². The van der Waals surface area contributed by atoms with Crippen LogP contribution in [-0.4, -0.2) is 41.0 Å². The zero-order valence-electron chi connectivity index (χ0n) is 16.6. The molecule has 5 nitrogen and oxygen atoms in total. The van der Waals surface area contributed by atoms with Crippen LogP contribution >= 0.6 is 0 Å². The van der Waals surface area contributed by atoms with Crippen molar-refractivity contribution >= 4 is 5.91 Å². The maximum atomic E-state index is 12.3. The van der Waals surface area contributed by atoms with Crippen LogP contribution in [0.1, 0.15) is 54.4 Å². The monoisotopic (exact) mass is 356 g/mol. The van der Waals surface area contributed by atoms with Crippen LogP contribution < -0.4 is 5.73 Å². The molecule has 26 heavy (non-hydrogen) atoms. The Kier molecular flexibility index (Phi) is 7.39. The summed E-state index contributed by atoms with van der Waals surface area (Å²) in [7, 11) is 4.16. The van der Waals surface area contributed by atoms with Crippen LogP contribution in [0.3, 0.4) is 0 Å². The largest absolute Gasteiger partial charge is 0.366 e. The van der Waals surface area contributed by atoms with E-state index in [1.165, 1.54) is 18.5 Å². The maximum Gasteiger partial charge on any atom is 0.251 e. The Balaban J connectivity index is 2.52. The molecule has 0 aliphatic heterocycles. The predicted octanol–water partition coefficient (Wildman–Crippen LogP) is 3.64. The SMILES string of the molecule is CCCCCc1c(-c2ccccn2)c(C(N)=O)c(C)n1CCCN(C)C. The number of amides is 1. The number of primary amides is 1. The fraction of sp³-hybridized carbons (Fsp3) is 0.524. The summed E-state index contributed by atoms with van der Waals surface area (Å²) in [5.41, 5.74) is 10.3. The number of carbonyl (C=O) groups is 1. The highest BCUT2D eigenvalue weighted by atomic mass is 16.1. The summed E-state index contributed by atoms with van der Waals surface area (Å²) in [6.45, 7) is 6.11. The Labute approximate surface area is 157 Å². The molecule has 2 aromatic heterocycles. The van der Waals surface area contributed by atoms with E-state index < -0.39 is 0 Å². The first-order valence-electron chi connectivity index (χ1n) is 9.55. The van der Waals surface area contributed by atoms with E-state index in [1.807, 2.05) is 25.1 Å². The van der Waals surface area contributed by atoms with Gasteiger partial charge in [0.1, 0.15) is 0 Å². The Morgan fingerprint density at radius 3 is 2.58 bits per heavy atom. The predicted molar refractivity (Wildman–Crippen MR) is 107 cm³/mol. The van der Waals surface area contributed by atoms with Gasteiger partial charge in [0, 0.05) is 29.7 Å². The molecule has 1 amide bonds. The van der Waals surface area contributed by atoms with Gasteiger partial charge in [-0.05, 0) is 59.0 Å². The molecular weight excluding hydrogens is 324 g/mol. The van der Waals surface area contributed by atoms with Gasteiger partial charge in [0.25, 0.3) is 5.91 Å². The Morgan fingerprint density at radius 2 is 2.00 bits per heavy atom. The molecule has 2 N–H and O–H groups in total. The van der Waals surface area contributed by atoms with E-state index in [9.17, 15) is 4.79 Å². The molecule has 0 aliphatic rings. The van der Waals surface area contributed by atoms with Crippen LogP contribution in [0, 0.1) is 6.92 Å². The topological polar surface area (TPSA) is 64.1 Å². The summed E-state index contributed by atoms with van der Waals surface area (Å²) in [6.07, 6.45) is 7.19. The van der Waals surface area contributed by atoms with Gasteiger partial charge in [0.2, 0.25) is 0 Å². The number of nitrogens with zero attached hydrogens (tertiary/aromatic N) is 3. The zero-order valence-corrected chi connectivity index (χ0v) is 16.6. The van der Waals surface area contributed by atoms with Gasteiger partial charge in [-0.3, -0.25) is 9.78 Å². The smallest absolute Gasteiger partial charge is 0.251 e. The van der Waals surface area contributed by atoms with Crippen LogP contribution in [0.2, 0.25) is 0 Å². The van der Waals surface area contributed by atoms with E-state index in [-0.39, 0.29) is 5.91 Å². The zero-order chi connectivity index (χ0) is 19.1. The van der Waals surface area contributed by atoms with Crippen LogP contribution in [0.5, 0.6) is 0 Å². The van der Waals surface area contributed by atoms with E-state index in [0.717, 1.165) is 49.3 Å². The molecule has 0 spiro atoms. The third-order valence-electron chi connectivity index (χ3n) is 4.80. The number of aromatic nitrogens is 2. The average molecular weight is 357 g/mol. The quantitative estimate of drug-likeness (QED) is 0.661. The van der Waals surface area contributed by atoms with Gasteiger partial charge in [-0.25, -0.2) is 0 Å². The summed E-state index contributed by atoms with van der Waals surface area (Å²) in [6, 6.07) is 5.82. The molecule has 0 atom stereocenters. The molecule has 0 unspecified atom stereocenters. The van der Waals surface area contributed by atoms with Crippen molar-refractivity contribution < 1.29 is 4.79 Å². The molecule has 0 radical (unpaired) electrons. The average Bonchev–Trinajstić information content (AvgIpc) is 2.88. The lowest BCUT2D eigenvalue weighted by Crippen LogP contribution is -2.17. The minimum atomic E-state index is -0.369. The normalized spacial score (nSPS) is 11.3. The lowest BCUT2D eigenvalue weighted by Gasteiger charge is -2.15. The molecule has 0 fully saturated rings. The maximum absolute atomic E-state index is 12.3. The lowest BCUT2D eigenvalue weighted by molar-refractivity contribution is 0.1000. The van der Waals surface area contributed by atoms with Crippen molar-refractivity contribution in [2.45, 2.75) is 52.5 Å². The Morgan fingerprint density at radius 1 is 1.23 bits per heavy atom. The van der Waals surface area contributed by atoms with Crippen molar-refractivity contribution in [3.05, 3.63) is 41.3 Å². The summed E-state index contributed by atoms with van der Waals surface area (Å²) in [4.78, 5) is 19.0. The molecule has 0 aromatic carbocycles. The number of nitrogens with two attached hydrogens (primary N) is 1. The molecule has 0 saturated carbocycles. The molecular formula is C21H32N4O. The van der Waals surface area contributed by atoms with E-state index in [2.05, 4.69) is 35.5 Å². The van der Waals surface area contributed by atoms with Crippen LogP contribution in [0.15, 0.2) is 24.4 Å². The number of unbranched alkanes of at least 4 members (excludes halogenated alkanes) is 2. The Bertz CT molecular complexity index is 719. The number of rotatable bonds is 10. The third kappa shape index (κ3) is 4.73. The second-order valence-electron chi connectivity index (χ2n) is 7.13. The molecule has 5 heteroatoms. The molecule has 2 rings (SSSR count). The highest BCUT2D eigenvalue weighted by molar-refractivity contribution is 6.01. The van der Waals surface area contributed by atoms with Crippen LogP contribution in [0.4, 0.5) is 0 Å². The summed E-state index contributed by atoms with van der Waals surface area (Å²) in [5.74, 6) is -0.369. The van der Waals surface area contributed by atoms with Crippen LogP contribution in [0.25, 0.3) is 11.3 Å². The summed E-state index contributed by atoms with van der Waals surface area (Å²) < 4.78 is 2.29. The highest BCUT2D eigenvalue weighted by Gasteiger charge is 2.25. The third-order valence-corrected chi connectivity index (χ3v) is 4.80. The second kappa shape index (κ2) is 9.53. The van der Waals surface area contributed by atoms with Crippen LogP contribution in [-0.2, 0) is 13.0 Å². The molecule has 0 aliphatic carbocycles. The van der Waals surface area contributed by atoms with E-state index in [0.29, 0.717) is 5.56 Å². The number of hydrogen-bond donors (Lipinski definition) is 1. The lowest BCUT2D eigenvalue weighted by atomic mass is 10.0. The van der Waals surface area contributed by atoms with Gasteiger partial charge in [0.05, 0.1) is 11.3 Å². The van der Waals surface area contributed by atoms with Gasteiger partial charge in [0.15, 0.2) is 0 Å². The van der Waals surface area contributed by atoms with Gasteiger partial charge < -0.3 is 15.2 Å². The summed E-state index contributed by atoms with van der Waals surface area (Å²) in [5, 5.41) is 0. The molecule has 2 heterocycles. The van der Waals surface area contributed by atoms with Crippen molar-refractivity contribution in [2.24, 2.45) is 5.73 Å². The van der Waals surface area contributed by atoms with Gasteiger partial charge in [-0.1, -0.05) is 25.8 Å². The molecule has 0 saturated heterocycles. The van der Waals surface area contributed by atoms with E-state index in [4.69, 9.17) is 5.73 Å². The van der Waals surface area contributed by atoms with Crippen molar-refractivity contribution in [3.63, 3.8) is 0 Å². The van der Waals surface area contributed by atoms with E-state index in [1.54, 1.807) is 6.20 Å². The van der Waals surface area contributed by atoms with Gasteiger partial charge in [-0.2, -0.15) is 0 Å². The van der Waals surface area contributed by atoms with Crippen molar-refractivity contribution in [1.29, 1.82) is 0 Å². The number of hydrogen-bond acceptors (Lipinski definition) is 3. The van der Waals surface area contributed by atoms with Gasteiger partial charge in [-0.15, -0.1) is 0 Å². The minimum Gasteiger partial charge on any atom is -0.366 e. The first kappa shape index (κ1) is 20.2. The Hall–Kier alpha value is -2.14. The minimum absolute atomic E-state index is 0.369. The number of pyridine rings is 1. The second-order valence-corrected chi connectivity index (χ2v) is 7.13. The fourth-order valence-electron chi connectivity index (χ4n) is 3.54. The molecule has 2 aromatic rings. The van der Waals surface area contributed by atoms with E-state index >= 15 is 0 Å². The van der Waals surface area contributed by atoms with Crippen molar-refractivity contribution in [2.75, 3.05) is 20.6 Å². The fourth-order valence-corrected chi connectivity index (χ4v) is 3.54. The van der Waals surface area contributed by atoms with Gasteiger partial charge >= 0.3 is 0 Å². The highest BCUT2D eigenvalue weighted by Crippen LogP contribution is 2.33. The number of carbonyl (C=O) groups excluding carboxylic acids is 1. The summed E-state index contributed by atoms with van der Waals surface area (Å²) >= 11 is 0. The molecule has 0 bridgehead atoms. The molecule has 142 valence electrons.